The first-order valence-electron chi connectivity index (χ1n) is 7.75. The van der Waals surface area contributed by atoms with Crippen LogP contribution in [-0.4, -0.2) is 24.0 Å². The van der Waals surface area contributed by atoms with Crippen LogP contribution in [0.25, 0.3) is 0 Å². The molecule has 4 heteroatoms. The molecule has 0 aromatic heterocycles. The van der Waals surface area contributed by atoms with Crippen molar-refractivity contribution in [2.45, 2.75) is 45.6 Å². The molecule has 0 saturated carbocycles. The van der Waals surface area contributed by atoms with Gasteiger partial charge in [0.25, 0.3) is 0 Å². The second-order valence-electron chi connectivity index (χ2n) is 5.40. The molecule has 0 bridgehead atoms. The largest absolute Gasteiger partial charge is 0.493 e. The van der Waals surface area contributed by atoms with Crippen LogP contribution in [0.3, 0.4) is 0 Å². The molecular weight excluding hydrogens is 266 g/mol. The molecule has 0 aliphatic heterocycles. The zero-order valence-electron chi connectivity index (χ0n) is 13.0. The van der Waals surface area contributed by atoms with Gasteiger partial charge >= 0.3 is 0 Å². The van der Waals surface area contributed by atoms with Gasteiger partial charge < -0.3 is 15.6 Å². The lowest BCUT2D eigenvalue weighted by Crippen LogP contribution is -2.21. The average Bonchev–Trinajstić information content (AvgIpc) is 2.52. The molecule has 3 N–H and O–H groups in total. The molecule has 4 nitrogen and oxygen atoms in total. The highest BCUT2D eigenvalue weighted by molar-refractivity contribution is 5.85. The van der Waals surface area contributed by atoms with Crippen molar-refractivity contribution in [1.29, 1.82) is 0 Å². The van der Waals surface area contributed by atoms with Gasteiger partial charge in [0.05, 0.1) is 13.2 Å². The minimum atomic E-state index is -1.17. The van der Waals surface area contributed by atoms with Crippen molar-refractivity contribution in [2.24, 2.45) is 11.7 Å². The summed E-state index contributed by atoms with van der Waals surface area (Å²) in [6.07, 6.45) is 3.44. The number of hydrogen-bond acceptors (Lipinski definition) is 4. The molecule has 0 amide bonds. The third-order valence-electron chi connectivity index (χ3n) is 3.56. The predicted molar refractivity (Wildman–Crippen MR) is 84.3 cm³/mol. The Kier molecular flexibility index (Phi) is 8.01. The summed E-state index contributed by atoms with van der Waals surface area (Å²) in [7, 11) is 0. The molecule has 0 heterocycles. The Bertz CT molecular complexity index is 428. The SMILES string of the molecule is CCCC(CCC)COc1cccc([C@H](O)C(=O)CN)c1. The summed E-state index contributed by atoms with van der Waals surface area (Å²) in [5, 5.41) is 9.87. The van der Waals surface area contributed by atoms with Gasteiger partial charge in [0.2, 0.25) is 0 Å². The molecule has 1 aromatic carbocycles. The van der Waals surface area contributed by atoms with Crippen molar-refractivity contribution in [3.8, 4) is 5.75 Å². The first kappa shape index (κ1) is 17.7. The maximum atomic E-state index is 11.4. The van der Waals surface area contributed by atoms with E-state index in [1.165, 1.54) is 0 Å². The number of ether oxygens (including phenoxy) is 1. The molecule has 0 radical (unpaired) electrons. The lowest BCUT2D eigenvalue weighted by atomic mass is 9.99. The topological polar surface area (TPSA) is 72.5 Å². The molecule has 21 heavy (non-hydrogen) atoms. The summed E-state index contributed by atoms with van der Waals surface area (Å²) in [5.41, 5.74) is 5.81. The van der Waals surface area contributed by atoms with E-state index in [1.807, 2.05) is 6.07 Å². The lowest BCUT2D eigenvalue weighted by Gasteiger charge is -2.17. The van der Waals surface area contributed by atoms with E-state index >= 15 is 0 Å². The Labute approximate surface area is 127 Å². The van der Waals surface area contributed by atoms with E-state index < -0.39 is 6.10 Å². The summed E-state index contributed by atoms with van der Waals surface area (Å²) < 4.78 is 5.82. The summed E-state index contributed by atoms with van der Waals surface area (Å²) in [5.74, 6) is 0.856. The third-order valence-corrected chi connectivity index (χ3v) is 3.56. The Hall–Kier alpha value is -1.39. The van der Waals surface area contributed by atoms with Crippen molar-refractivity contribution < 1.29 is 14.6 Å². The summed E-state index contributed by atoms with van der Waals surface area (Å²) >= 11 is 0. The van der Waals surface area contributed by atoms with Gasteiger partial charge in [-0.1, -0.05) is 38.8 Å². The van der Waals surface area contributed by atoms with Crippen LogP contribution >= 0.6 is 0 Å². The molecule has 1 aromatic rings. The Balaban J connectivity index is 2.65. The number of hydrogen-bond donors (Lipinski definition) is 2. The maximum Gasteiger partial charge on any atom is 0.179 e. The summed E-state index contributed by atoms with van der Waals surface area (Å²) in [4.78, 5) is 11.4. The molecular formula is C17H27NO3. The number of aliphatic hydroxyl groups is 1. The van der Waals surface area contributed by atoms with Crippen LogP contribution < -0.4 is 10.5 Å². The van der Waals surface area contributed by atoms with Gasteiger partial charge in [0.15, 0.2) is 5.78 Å². The fourth-order valence-electron chi connectivity index (χ4n) is 2.41. The van der Waals surface area contributed by atoms with Crippen molar-refractivity contribution in [3.63, 3.8) is 0 Å². The Morgan fingerprint density at radius 1 is 1.29 bits per heavy atom. The standard InChI is InChI=1S/C17H27NO3/c1-3-6-13(7-4-2)12-21-15-9-5-8-14(10-15)17(20)16(19)11-18/h5,8-10,13,17,20H,3-4,6-7,11-12,18H2,1-2H3/t17-/m0/s1. The first-order valence-corrected chi connectivity index (χ1v) is 7.75. The number of carbonyl (C=O) groups excluding carboxylic acids is 1. The van der Waals surface area contributed by atoms with Gasteiger partial charge in [0.1, 0.15) is 11.9 Å². The van der Waals surface area contributed by atoms with Gasteiger partial charge in [0, 0.05) is 0 Å². The van der Waals surface area contributed by atoms with E-state index in [4.69, 9.17) is 10.5 Å². The second-order valence-corrected chi connectivity index (χ2v) is 5.40. The van der Waals surface area contributed by atoms with Gasteiger partial charge in [-0.05, 0) is 36.5 Å². The molecule has 0 aliphatic rings. The van der Waals surface area contributed by atoms with Gasteiger partial charge in [-0.3, -0.25) is 4.79 Å². The lowest BCUT2D eigenvalue weighted by molar-refractivity contribution is -0.125. The van der Waals surface area contributed by atoms with E-state index in [1.54, 1.807) is 18.2 Å². The monoisotopic (exact) mass is 293 g/mol. The van der Waals surface area contributed by atoms with Crippen molar-refractivity contribution in [3.05, 3.63) is 29.8 Å². The van der Waals surface area contributed by atoms with E-state index in [2.05, 4.69) is 13.8 Å². The highest BCUT2D eigenvalue weighted by Gasteiger charge is 2.16. The number of Topliss-reactive ketones (excluding diaryl/α,β-unsaturated/α-hetero) is 1. The number of benzene rings is 1. The molecule has 0 saturated heterocycles. The van der Waals surface area contributed by atoms with Crippen molar-refractivity contribution in [2.75, 3.05) is 13.2 Å². The Morgan fingerprint density at radius 2 is 1.95 bits per heavy atom. The third kappa shape index (κ3) is 5.86. The number of aliphatic hydroxyl groups excluding tert-OH is 1. The molecule has 0 aliphatic carbocycles. The van der Waals surface area contributed by atoms with Crippen LogP contribution in [0, 0.1) is 5.92 Å². The van der Waals surface area contributed by atoms with Crippen LogP contribution in [0.4, 0.5) is 0 Å². The number of rotatable bonds is 10. The van der Waals surface area contributed by atoms with Crippen LogP contribution in [-0.2, 0) is 4.79 Å². The van der Waals surface area contributed by atoms with Gasteiger partial charge in [-0.2, -0.15) is 0 Å². The normalized spacial score (nSPS) is 12.4. The minimum Gasteiger partial charge on any atom is -0.493 e. The fraction of sp³-hybridized carbons (Fsp3) is 0.588. The van der Waals surface area contributed by atoms with Crippen molar-refractivity contribution in [1.82, 2.24) is 0 Å². The van der Waals surface area contributed by atoms with E-state index in [-0.39, 0.29) is 12.3 Å². The molecule has 0 unspecified atom stereocenters. The molecule has 1 rings (SSSR count). The Morgan fingerprint density at radius 3 is 2.52 bits per heavy atom. The highest BCUT2D eigenvalue weighted by Crippen LogP contribution is 2.22. The van der Waals surface area contributed by atoms with E-state index in [9.17, 15) is 9.90 Å². The quantitative estimate of drug-likeness (QED) is 0.696. The zero-order chi connectivity index (χ0) is 15.7. The number of ketones is 1. The summed E-state index contributed by atoms with van der Waals surface area (Å²) in [6, 6.07) is 7.05. The highest BCUT2D eigenvalue weighted by atomic mass is 16.5. The minimum absolute atomic E-state index is 0.165. The zero-order valence-corrected chi connectivity index (χ0v) is 13.0. The van der Waals surface area contributed by atoms with Gasteiger partial charge in [-0.15, -0.1) is 0 Å². The van der Waals surface area contributed by atoms with E-state index in [0.717, 1.165) is 25.7 Å². The number of carbonyl (C=O) groups is 1. The van der Waals surface area contributed by atoms with E-state index in [0.29, 0.717) is 23.8 Å². The maximum absolute atomic E-state index is 11.4. The van der Waals surface area contributed by atoms with Crippen LogP contribution in [0.5, 0.6) is 5.75 Å². The molecule has 0 fully saturated rings. The number of nitrogens with two attached hydrogens (primary N) is 1. The molecule has 0 spiro atoms. The average molecular weight is 293 g/mol. The smallest absolute Gasteiger partial charge is 0.179 e. The van der Waals surface area contributed by atoms with Crippen LogP contribution in [0.1, 0.15) is 51.2 Å². The fourth-order valence-corrected chi connectivity index (χ4v) is 2.41. The van der Waals surface area contributed by atoms with Crippen LogP contribution in [0.15, 0.2) is 24.3 Å². The van der Waals surface area contributed by atoms with Crippen molar-refractivity contribution >= 4 is 5.78 Å². The predicted octanol–water partition coefficient (Wildman–Crippen LogP) is 2.84. The molecule has 118 valence electrons. The second kappa shape index (κ2) is 9.53. The van der Waals surface area contributed by atoms with Gasteiger partial charge in [-0.25, -0.2) is 0 Å². The summed E-state index contributed by atoms with van der Waals surface area (Å²) in [6.45, 7) is 4.86. The van der Waals surface area contributed by atoms with Crippen LogP contribution in [0.2, 0.25) is 0 Å². The first-order chi connectivity index (χ1) is 10.1. The molecule has 1 atom stereocenters.